The number of anilines is 1. The Morgan fingerprint density at radius 3 is 2.59 bits per heavy atom. The maximum Gasteiger partial charge on any atom is 0.341 e. The van der Waals surface area contributed by atoms with Crippen molar-refractivity contribution >= 4 is 17.6 Å². The van der Waals surface area contributed by atoms with Crippen LogP contribution in [0.2, 0.25) is 0 Å². The summed E-state index contributed by atoms with van der Waals surface area (Å²) >= 11 is 0. The second-order valence-corrected chi connectivity index (χ2v) is 9.07. The van der Waals surface area contributed by atoms with E-state index in [1.807, 2.05) is 17.0 Å². The van der Waals surface area contributed by atoms with Gasteiger partial charge >= 0.3 is 5.97 Å². The van der Waals surface area contributed by atoms with Crippen molar-refractivity contribution in [1.29, 1.82) is 0 Å². The van der Waals surface area contributed by atoms with E-state index in [-0.39, 0.29) is 23.5 Å². The molecule has 170 valence electrons. The van der Waals surface area contributed by atoms with Crippen molar-refractivity contribution in [2.75, 3.05) is 25.2 Å². The van der Waals surface area contributed by atoms with Crippen molar-refractivity contribution in [2.45, 2.75) is 50.7 Å². The molecule has 32 heavy (non-hydrogen) atoms. The van der Waals surface area contributed by atoms with Crippen LogP contribution in [0.1, 0.15) is 43.5 Å². The molecule has 0 aliphatic carbocycles. The predicted molar refractivity (Wildman–Crippen MR) is 122 cm³/mol. The van der Waals surface area contributed by atoms with E-state index in [2.05, 4.69) is 30.9 Å². The SMILES string of the molecule is COc1cccc(N2[C@H]3CCCN(C(=O)c4cccc(OCC(=O)O)c4)[C@H]3CC2(C)C)c1. The normalized spacial score (nSPS) is 21.7. The molecule has 7 heteroatoms. The molecule has 7 nitrogen and oxygen atoms in total. The number of nitrogens with zero attached hydrogens (tertiary/aromatic N) is 2. The number of hydrogen-bond donors (Lipinski definition) is 1. The number of aliphatic carboxylic acids is 1. The average molecular weight is 439 g/mol. The number of carboxylic acids is 1. The van der Waals surface area contributed by atoms with Crippen molar-refractivity contribution in [2.24, 2.45) is 0 Å². The number of fused-ring (bicyclic) bond motifs is 1. The molecule has 2 aliphatic heterocycles. The zero-order chi connectivity index (χ0) is 22.9. The van der Waals surface area contributed by atoms with Gasteiger partial charge in [-0.05, 0) is 63.4 Å². The fourth-order valence-electron chi connectivity index (χ4n) is 5.23. The quantitative estimate of drug-likeness (QED) is 0.739. The van der Waals surface area contributed by atoms with E-state index < -0.39 is 12.6 Å². The monoisotopic (exact) mass is 438 g/mol. The summed E-state index contributed by atoms with van der Waals surface area (Å²) in [4.78, 5) is 28.7. The first-order valence-electron chi connectivity index (χ1n) is 11.0. The van der Waals surface area contributed by atoms with Gasteiger partial charge in [-0.2, -0.15) is 0 Å². The molecular formula is C25H30N2O5. The molecule has 2 aliphatic rings. The summed E-state index contributed by atoms with van der Waals surface area (Å²) in [6, 6.07) is 15.2. The van der Waals surface area contributed by atoms with Crippen molar-refractivity contribution in [3.05, 3.63) is 54.1 Å². The summed E-state index contributed by atoms with van der Waals surface area (Å²) in [7, 11) is 1.67. The molecule has 0 unspecified atom stereocenters. The maximum absolute atomic E-state index is 13.5. The Morgan fingerprint density at radius 1 is 1.09 bits per heavy atom. The molecule has 0 aromatic heterocycles. The Morgan fingerprint density at radius 2 is 1.84 bits per heavy atom. The van der Waals surface area contributed by atoms with Crippen LogP contribution in [-0.4, -0.2) is 59.8 Å². The highest BCUT2D eigenvalue weighted by molar-refractivity contribution is 5.95. The van der Waals surface area contributed by atoms with Gasteiger partial charge in [0.05, 0.1) is 19.2 Å². The average Bonchev–Trinajstić information content (AvgIpc) is 3.07. The van der Waals surface area contributed by atoms with Crippen LogP contribution in [0.15, 0.2) is 48.5 Å². The van der Waals surface area contributed by atoms with Gasteiger partial charge in [0.1, 0.15) is 11.5 Å². The van der Waals surface area contributed by atoms with Gasteiger partial charge in [0, 0.05) is 29.4 Å². The topological polar surface area (TPSA) is 79.3 Å². The summed E-state index contributed by atoms with van der Waals surface area (Å²) in [6.07, 6.45) is 2.82. The first-order valence-corrected chi connectivity index (χ1v) is 11.0. The molecule has 0 spiro atoms. The number of benzene rings is 2. The Hall–Kier alpha value is -3.22. The highest BCUT2D eigenvalue weighted by Crippen LogP contribution is 2.44. The lowest BCUT2D eigenvalue weighted by atomic mass is 9.93. The molecule has 0 bridgehead atoms. The van der Waals surface area contributed by atoms with E-state index in [9.17, 15) is 9.59 Å². The van der Waals surface area contributed by atoms with Gasteiger partial charge in [0.25, 0.3) is 5.91 Å². The van der Waals surface area contributed by atoms with Gasteiger partial charge in [0.2, 0.25) is 0 Å². The molecular weight excluding hydrogens is 408 g/mol. The third-order valence-corrected chi connectivity index (χ3v) is 6.47. The van der Waals surface area contributed by atoms with Crippen LogP contribution in [0.25, 0.3) is 0 Å². The number of rotatable bonds is 6. The minimum absolute atomic E-state index is 0.0382. The van der Waals surface area contributed by atoms with E-state index in [1.54, 1.807) is 31.4 Å². The van der Waals surface area contributed by atoms with Crippen LogP contribution in [0, 0.1) is 0 Å². The molecule has 2 aromatic carbocycles. The lowest BCUT2D eigenvalue weighted by molar-refractivity contribution is -0.139. The number of piperidine rings is 1. The predicted octanol–water partition coefficient (Wildman–Crippen LogP) is 3.82. The number of carbonyl (C=O) groups is 2. The van der Waals surface area contributed by atoms with E-state index >= 15 is 0 Å². The smallest absolute Gasteiger partial charge is 0.341 e. The fraction of sp³-hybridized carbons (Fsp3) is 0.440. The van der Waals surface area contributed by atoms with Crippen LogP contribution < -0.4 is 14.4 Å². The number of hydrogen-bond acceptors (Lipinski definition) is 5. The maximum atomic E-state index is 13.5. The van der Waals surface area contributed by atoms with Crippen molar-refractivity contribution in [3.8, 4) is 11.5 Å². The number of amides is 1. The second kappa shape index (κ2) is 8.73. The summed E-state index contributed by atoms with van der Waals surface area (Å²) in [5, 5.41) is 8.85. The minimum atomic E-state index is -1.05. The number of carboxylic acid groups (broad SMARTS) is 1. The zero-order valence-electron chi connectivity index (χ0n) is 18.8. The summed E-state index contributed by atoms with van der Waals surface area (Å²) in [5.41, 5.74) is 1.52. The number of ether oxygens (including phenoxy) is 2. The van der Waals surface area contributed by atoms with Gasteiger partial charge in [-0.15, -0.1) is 0 Å². The standard InChI is InChI=1S/C25H30N2O5/c1-25(2)15-22-21(27(25)18-8-5-9-19(14-18)31-3)11-6-12-26(22)24(30)17-7-4-10-20(13-17)32-16-23(28)29/h4-5,7-10,13-14,21-22H,6,11-12,15-16H2,1-3H3,(H,28,29)/t21-,22-/m0/s1. The number of carbonyl (C=O) groups excluding carboxylic acids is 1. The Kier molecular flexibility index (Phi) is 6.00. The Bertz CT molecular complexity index is 1010. The van der Waals surface area contributed by atoms with Crippen molar-refractivity contribution in [3.63, 3.8) is 0 Å². The van der Waals surface area contributed by atoms with Gasteiger partial charge < -0.3 is 24.4 Å². The highest BCUT2D eigenvalue weighted by Gasteiger charge is 2.50. The van der Waals surface area contributed by atoms with Crippen LogP contribution in [-0.2, 0) is 4.79 Å². The first kappa shape index (κ1) is 22.0. The van der Waals surface area contributed by atoms with Gasteiger partial charge in [-0.25, -0.2) is 4.79 Å². The molecule has 0 radical (unpaired) electrons. The molecule has 1 amide bonds. The molecule has 1 N–H and O–H groups in total. The molecule has 2 heterocycles. The summed E-state index contributed by atoms with van der Waals surface area (Å²) in [5.74, 6) is 0.121. The lowest BCUT2D eigenvalue weighted by Gasteiger charge is -2.42. The third-order valence-electron chi connectivity index (χ3n) is 6.47. The van der Waals surface area contributed by atoms with Crippen LogP contribution in [0.4, 0.5) is 5.69 Å². The van der Waals surface area contributed by atoms with Crippen LogP contribution in [0.5, 0.6) is 11.5 Å². The number of likely N-dealkylation sites (tertiary alicyclic amines) is 1. The third kappa shape index (κ3) is 4.24. The van der Waals surface area contributed by atoms with E-state index in [0.717, 1.165) is 30.7 Å². The van der Waals surface area contributed by atoms with Gasteiger partial charge in [-0.3, -0.25) is 4.79 Å². The van der Waals surface area contributed by atoms with E-state index in [0.29, 0.717) is 17.9 Å². The van der Waals surface area contributed by atoms with Gasteiger partial charge in [0.15, 0.2) is 6.61 Å². The molecule has 0 saturated carbocycles. The second-order valence-electron chi connectivity index (χ2n) is 9.07. The molecule has 2 saturated heterocycles. The fourth-order valence-corrected chi connectivity index (χ4v) is 5.23. The van der Waals surface area contributed by atoms with E-state index in [1.165, 1.54) is 0 Å². The summed E-state index contributed by atoms with van der Waals surface area (Å²) < 4.78 is 10.7. The van der Waals surface area contributed by atoms with Crippen LogP contribution in [0.3, 0.4) is 0 Å². The number of methoxy groups -OCH3 is 1. The van der Waals surface area contributed by atoms with E-state index in [4.69, 9.17) is 14.6 Å². The lowest BCUT2D eigenvalue weighted by Crippen LogP contribution is -2.52. The van der Waals surface area contributed by atoms with Gasteiger partial charge in [-0.1, -0.05) is 12.1 Å². The highest BCUT2D eigenvalue weighted by atomic mass is 16.5. The molecule has 2 aromatic rings. The van der Waals surface area contributed by atoms with Crippen molar-refractivity contribution in [1.82, 2.24) is 4.90 Å². The zero-order valence-corrected chi connectivity index (χ0v) is 18.8. The molecule has 2 fully saturated rings. The Labute approximate surface area is 188 Å². The molecule has 4 rings (SSSR count). The Balaban J connectivity index is 1.59. The minimum Gasteiger partial charge on any atom is -0.497 e. The first-order chi connectivity index (χ1) is 15.3. The summed E-state index contributed by atoms with van der Waals surface area (Å²) in [6.45, 7) is 4.74. The molecule has 2 atom stereocenters. The largest absolute Gasteiger partial charge is 0.497 e. The van der Waals surface area contributed by atoms with Crippen molar-refractivity contribution < 1.29 is 24.2 Å². The van der Waals surface area contributed by atoms with Crippen LogP contribution >= 0.6 is 0 Å².